The van der Waals surface area contributed by atoms with Crippen LogP contribution >= 0.6 is 0 Å². The molecule has 6 nitrogen and oxygen atoms in total. The van der Waals surface area contributed by atoms with Gasteiger partial charge >= 0.3 is 0 Å². The zero-order chi connectivity index (χ0) is 20.2. The average molecular weight is 391 g/mol. The molecule has 1 N–H and O–H groups in total. The van der Waals surface area contributed by atoms with E-state index in [4.69, 9.17) is 0 Å². The molecule has 1 atom stereocenters. The molecule has 2 fully saturated rings. The minimum Gasteiger partial charge on any atom is -0.352 e. The minimum absolute atomic E-state index is 0.0292. The molecule has 2 aromatic rings. The summed E-state index contributed by atoms with van der Waals surface area (Å²) in [5.41, 5.74) is 2.69. The quantitative estimate of drug-likeness (QED) is 0.819. The van der Waals surface area contributed by atoms with Crippen LogP contribution in [-0.2, 0) is 22.6 Å². The van der Waals surface area contributed by atoms with Crippen molar-refractivity contribution in [2.45, 2.75) is 31.8 Å². The molecule has 0 bridgehead atoms. The van der Waals surface area contributed by atoms with E-state index in [0.29, 0.717) is 25.2 Å². The van der Waals surface area contributed by atoms with Crippen LogP contribution in [0.5, 0.6) is 0 Å². The Labute approximate surface area is 170 Å². The normalized spacial score (nSPS) is 18.7. The van der Waals surface area contributed by atoms with E-state index < -0.39 is 0 Å². The van der Waals surface area contributed by atoms with Gasteiger partial charge in [0.05, 0.1) is 0 Å². The fourth-order valence-electron chi connectivity index (χ4n) is 4.05. The average Bonchev–Trinajstić information content (AvgIpc) is 3.24. The second-order valence-electron chi connectivity index (χ2n) is 7.63. The second kappa shape index (κ2) is 8.47. The molecule has 29 heavy (non-hydrogen) atoms. The number of piperazine rings is 1. The summed E-state index contributed by atoms with van der Waals surface area (Å²) in [5, 5.41) is 2.93. The Morgan fingerprint density at radius 2 is 1.76 bits per heavy atom. The lowest BCUT2D eigenvalue weighted by atomic mass is 10.1. The summed E-state index contributed by atoms with van der Waals surface area (Å²) < 4.78 is 0. The smallest absolute Gasteiger partial charge is 0.251 e. The van der Waals surface area contributed by atoms with Crippen molar-refractivity contribution >= 4 is 17.7 Å². The summed E-state index contributed by atoms with van der Waals surface area (Å²) in [6, 6.07) is 17.0. The molecule has 0 aliphatic carbocycles. The summed E-state index contributed by atoms with van der Waals surface area (Å²) in [7, 11) is 0. The maximum Gasteiger partial charge on any atom is 0.251 e. The van der Waals surface area contributed by atoms with Crippen LogP contribution in [0.15, 0.2) is 54.6 Å². The Kier molecular flexibility index (Phi) is 5.60. The van der Waals surface area contributed by atoms with Crippen LogP contribution in [0.25, 0.3) is 0 Å². The van der Waals surface area contributed by atoms with Crippen molar-refractivity contribution in [3.8, 4) is 0 Å². The largest absolute Gasteiger partial charge is 0.352 e. The van der Waals surface area contributed by atoms with Gasteiger partial charge in [-0.15, -0.1) is 0 Å². The Bertz CT molecular complexity index is 895. The maximum atomic E-state index is 12.6. The van der Waals surface area contributed by atoms with Crippen LogP contribution in [0, 0.1) is 0 Å². The van der Waals surface area contributed by atoms with Gasteiger partial charge in [-0.1, -0.05) is 42.5 Å². The summed E-state index contributed by atoms with van der Waals surface area (Å²) in [6.45, 7) is 1.80. The van der Waals surface area contributed by atoms with Crippen LogP contribution < -0.4 is 5.32 Å². The molecular formula is C23H25N3O3. The van der Waals surface area contributed by atoms with Crippen LogP contribution in [-0.4, -0.2) is 53.2 Å². The number of nitrogens with zero attached hydrogens (tertiary/aromatic N) is 2. The number of hydrogen-bond donors (Lipinski definition) is 1. The number of hydrogen-bond acceptors (Lipinski definition) is 3. The van der Waals surface area contributed by atoms with E-state index in [2.05, 4.69) is 5.32 Å². The molecule has 2 saturated heterocycles. The molecule has 2 aromatic carbocycles. The molecule has 2 heterocycles. The predicted molar refractivity (Wildman–Crippen MR) is 109 cm³/mol. The molecule has 2 aliphatic heterocycles. The molecule has 150 valence electrons. The van der Waals surface area contributed by atoms with Gasteiger partial charge in [-0.2, -0.15) is 0 Å². The van der Waals surface area contributed by atoms with Crippen molar-refractivity contribution in [1.29, 1.82) is 0 Å². The number of benzene rings is 2. The van der Waals surface area contributed by atoms with Gasteiger partial charge in [0.15, 0.2) is 0 Å². The third-order valence-corrected chi connectivity index (χ3v) is 5.63. The molecule has 0 saturated carbocycles. The zero-order valence-corrected chi connectivity index (χ0v) is 16.3. The number of nitrogens with one attached hydrogen (secondary N) is 1. The molecule has 0 spiro atoms. The SMILES string of the molecule is O=C(NCCc1ccccc1)c1ccc(CN2CC(=O)N3CCC[C@H]3C2=O)cc1. The van der Waals surface area contributed by atoms with Crippen LogP contribution in [0.4, 0.5) is 0 Å². The van der Waals surface area contributed by atoms with Gasteiger partial charge in [-0.05, 0) is 42.5 Å². The Morgan fingerprint density at radius 1 is 1.00 bits per heavy atom. The Hall–Kier alpha value is -3.15. The highest BCUT2D eigenvalue weighted by molar-refractivity contribution is 5.95. The molecule has 2 aliphatic rings. The lowest BCUT2D eigenvalue weighted by molar-refractivity contribution is -0.154. The van der Waals surface area contributed by atoms with E-state index in [1.807, 2.05) is 42.5 Å². The van der Waals surface area contributed by atoms with Gasteiger partial charge in [0.2, 0.25) is 11.8 Å². The number of carbonyl (C=O) groups is 3. The van der Waals surface area contributed by atoms with Crippen molar-refractivity contribution in [2.24, 2.45) is 0 Å². The molecule has 0 radical (unpaired) electrons. The van der Waals surface area contributed by atoms with Crippen molar-refractivity contribution in [3.05, 3.63) is 71.3 Å². The lowest BCUT2D eigenvalue weighted by Crippen LogP contribution is -2.56. The second-order valence-corrected chi connectivity index (χ2v) is 7.63. The van der Waals surface area contributed by atoms with Gasteiger partial charge in [-0.3, -0.25) is 14.4 Å². The van der Waals surface area contributed by atoms with Gasteiger partial charge in [0.25, 0.3) is 5.91 Å². The van der Waals surface area contributed by atoms with Crippen molar-refractivity contribution in [3.63, 3.8) is 0 Å². The van der Waals surface area contributed by atoms with E-state index in [0.717, 1.165) is 24.8 Å². The van der Waals surface area contributed by atoms with Gasteiger partial charge in [0, 0.05) is 25.2 Å². The van der Waals surface area contributed by atoms with Crippen LogP contribution in [0.2, 0.25) is 0 Å². The first-order valence-electron chi connectivity index (χ1n) is 10.1. The van der Waals surface area contributed by atoms with E-state index in [-0.39, 0.29) is 30.3 Å². The predicted octanol–water partition coefficient (Wildman–Crippen LogP) is 1.99. The number of amides is 3. The monoisotopic (exact) mass is 391 g/mol. The zero-order valence-electron chi connectivity index (χ0n) is 16.3. The Balaban J connectivity index is 1.31. The fourth-order valence-corrected chi connectivity index (χ4v) is 4.05. The molecule has 6 heteroatoms. The highest BCUT2D eigenvalue weighted by atomic mass is 16.2. The van der Waals surface area contributed by atoms with Gasteiger partial charge in [0.1, 0.15) is 12.6 Å². The van der Waals surface area contributed by atoms with Crippen LogP contribution in [0.3, 0.4) is 0 Å². The lowest BCUT2D eigenvalue weighted by Gasteiger charge is -2.36. The number of fused-ring (bicyclic) bond motifs is 1. The summed E-state index contributed by atoms with van der Waals surface area (Å²) in [4.78, 5) is 40.6. The fraction of sp³-hybridized carbons (Fsp3) is 0.348. The van der Waals surface area contributed by atoms with E-state index in [1.54, 1.807) is 21.9 Å². The first kappa shape index (κ1) is 19.2. The van der Waals surface area contributed by atoms with E-state index in [1.165, 1.54) is 5.56 Å². The van der Waals surface area contributed by atoms with Crippen molar-refractivity contribution in [2.75, 3.05) is 19.6 Å². The summed E-state index contributed by atoms with van der Waals surface area (Å²) >= 11 is 0. The molecule has 4 rings (SSSR count). The number of rotatable bonds is 6. The topological polar surface area (TPSA) is 69.7 Å². The summed E-state index contributed by atoms with van der Waals surface area (Å²) in [5.74, 6) is -0.0512. The van der Waals surface area contributed by atoms with E-state index >= 15 is 0 Å². The van der Waals surface area contributed by atoms with Gasteiger partial charge in [-0.25, -0.2) is 0 Å². The third kappa shape index (κ3) is 4.31. The third-order valence-electron chi connectivity index (χ3n) is 5.63. The minimum atomic E-state index is -0.286. The van der Waals surface area contributed by atoms with Gasteiger partial charge < -0.3 is 15.1 Å². The first-order chi connectivity index (χ1) is 14.1. The molecule has 0 unspecified atom stereocenters. The number of carbonyl (C=O) groups excluding carboxylic acids is 3. The van der Waals surface area contributed by atoms with Crippen LogP contribution in [0.1, 0.15) is 34.3 Å². The summed E-state index contributed by atoms with van der Waals surface area (Å²) in [6.07, 6.45) is 2.43. The maximum absolute atomic E-state index is 12.6. The van der Waals surface area contributed by atoms with Crippen molar-refractivity contribution in [1.82, 2.24) is 15.1 Å². The molecule has 3 amide bonds. The molecule has 0 aromatic heterocycles. The highest BCUT2D eigenvalue weighted by Crippen LogP contribution is 2.24. The Morgan fingerprint density at radius 3 is 2.52 bits per heavy atom. The molecular weight excluding hydrogens is 366 g/mol. The van der Waals surface area contributed by atoms with Crippen molar-refractivity contribution < 1.29 is 14.4 Å². The van der Waals surface area contributed by atoms with E-state index in [9.17, 15) is 14.4 Å². The highest BCUT2D eigenvalue weighted by Gasteiger charge is 2.41. The standard InChI is InChI=1S/C23H25N3O3/c27-21-16-25(23(29)20-7-4-14-26(20)21)15-18-8-10-19(11-9-18)22(28)24-13-12-17-5-2-1-3-6-17/h1-3,5-6,8-11,20H,4,7,12-16H2,(H,24,28)/t20-/m0/s1. The first-order valence-corrected chi connectivity index (χ1v) is 10.1.